The zero-order valence-electron chi connectivity index (χ0n) is 12.9. The van der Waals surface area contributed by atoms with Crippen LogP contribution in [0.3, 0.4) is 0 Å². The first-order chi connectivity index (χ1) is 11.8. The summed E-state index contributed by atoms with van der Waals surface area (Å²) in [6.45, 7) is 0.458. The number of ether oxygens (including phenoxy) is 1. The Morgan fingerprint density at radius 1 is 1.12 bits per heavy atom. The van der Waals surface area contributed by atoms with E-state index in [2.05, 4.69) is 10.3 Å². The van der Waals surface area contributed by atoms with E-state index in [1.807, 2.05) is 54.6 Å². The lowest BCUT2D eigenvalue weighted by molar-refractivity contribution is -0.121. The van der Waals surface area contributed by atoms with Crippen LogP contribution in [0.25, 0.3) is 11.5 Å². The zero-order chi connectivity index (χ0) is 16.4. The van der Waals surface area contributed by atoms with E-state index >= 15 is 0 Å². The molecule has 5 heteroatoms. The number of carbonyl (C=O) groups excluding carboxylic acids is 1. The molecule has 0 fully saturated rings. The summed E-state index contributed by atoms with van der Waals surface area (Å²) in [6, 6.07) is 17.2. The molecule has 0 saturated heterocycles. The third-order valence-corrected chi connectivity index (χ3v) is 3.95. The fourth-order valence-electron chi connectivity index (χ4n) is 2.79. The van der Waals surface area contributed by atoms with Crippen molar-refractivity contribution in [1.29, 1.82) is 0 Å². The number of rotatable bonds is 4. The van der Waals surface area contributed by atoms with E-state index in [9.17, 15) is 4.79 Å². The fourth-order valence-corrected chi connectivity index (χ4v) is 2.79. The molecule has 1 aliphatic rings. The third-order valence-electron chi connectivity index (χ3n) is 3.95. The van der Waals surface area contributed by atoms with Crippen molar-refractivity contribution in [3.8, 4) is 17.2 Å². The van der Waals surface area contributed by atoms with Crippen molar-refractivity contribution in [2.75, 3.05) is 6.61 Å². The molecule has 120 valence electrons. The molecule has 0 spiro atoms. The van der Waals surface area contributed by atoms with Crippen LogP contribution in [0.15, 0.2) is 65.3 Å². The Kier molecular flexibility index (Phi) is 3.75. The first-order valence-electron chi connectivity index (χ1n) is 7.80. The van der Waals surface area contributed by atoms with Crippen LogP contribution in [-0.4, -0.2) is 17.5 Å². The lowest BCUT2D eigenvalue weighted by Crippen LogP contribution is -2.30. The molecule has 0 radical (unpaired) electrons. The van der Waals surface area contributed by atoms with E-state index in [0.717, 1.165) is 16.9 Å². The molecule has 0 aliphatic carbocycles. The van der Waals surface area contributed by atoms with Crippen LogP contribution in [0.4, 0.5) is 0 Å². The Balaban J connectivity index is 1.42. The molecule has 1 aliphatic heterocycles. The first-order valence-corrected chi connectivity index (χ1v) is 7.80. The first kappa shape index (κ1) is 14.5. The Hall–Kier alpha value is -3.08. The molecule has 0 saturated carbocycles. The van der Waals surface area contributed by atoms with Gasteiger partial charge in [0.25, 0.3) is 0 Å². The molecule has 0 bridgehead atoms. The zero-order valence-corrected chi connectivity index (χ0v) is 12.9. The molecule has 5 nitrogen and oxygen atoms in total. The molecule has 24 heavy (non-hydrogen) atoms. The van der Waals surface area contributed by atoms with Crippen LogP contribution >= 0.6 is 0 Å². The van der Waals surface area contributed by atoms with E-state index < -0.39 is 0 Å². The van der Waals surface area contributed by atoms with Crippen LogP contribution in [0, 0.1) is 0 Å². The Morgan fingerprint density at radius 3 is 2.79 bits per heavy atom. The van der Waals surface area contributed by atoms with Crippen LogP contribution in [0.5, 0.6) is 5.75 Å². The summed E-state index contributed by atoms with van der Waals surface area (Å²) >= 11 is 0. The van der Waals surface area contributed by atoms with Crippen molar-refractivity contribution < 1.29 is 13.9 Å². The average molecular weight is 320 g/mol. The number of amides is 1. The number of nitrogens with zero attached hydrogens (tertiary/aromatic N) is 1. The van der Waals surface area contributed by atoms with Gasteiger partial charge in [0.15, 0.2) is 0 Å². The van der Waals surface area contributed by atoms with Gasteiger partial charge in [0.1, 0.15) is 18.6 Å². The third kappa shape index (κ3) is 2.88. The summed E-state index contributed by atoms with van der Waals surface area (Å²) < 4.78 is 11.0. The smallest absolute Gasteiger partial charge is 0.226 e. The summed E-state index contributed by atoms with van der Waals surface area (Å²) in [6.07, 6.45) is 1.70. The average Bonchev–Trinajstić information content (AvgIpc) is 3.23. The van der Waals surface area contributed by atoms with Crippen molar-refractivity contribution >= 4 is 5.91 Å². The summed E-state index contributed by atoms with van der Waals surface area (Å²) in [4.78, 5) is 16.7. The second-order valence-electron chi connectivity index (χ2n) is 5.66. The van der Waals surface area contributed by atoms with Crippen LogP contribution in [-0.2, 0) is 11.2 Å². The van der Waals surface area contributed by atoms with E-state index in [-0.39, 0.29) is 18.4 Å². The highest BCUT2D eigenvalue weighted by Gasteiger charge is 2.25. The Labute approximate surface area is 139 Å². The lowest BCUT2D eigenvalue weighted by atomic mass is 10.1. The molecular weight excluding hydrogens is 304 g/mol. The number of benzene rings is 2. The van der Waals surface area contributed by atoms with Crippen molar-refractivity contribution in [2.45, 2.75) is 12.5 Å². The Bertz CT molecular complexity index is 858. The SMILES string of the molecule is O=C(Cc1coc(-c2ccccc2)n1)NC1COc2ccccc21. The number of hydrogen-bond donors (Lipinski definition) is 1. The number of nitrogens with one attached hydrogen (secondary N) is 1. The van der Waals surface area contributed by atoms with Gasteiger partial charge in [-0.15, -0.1) is 0 Å². The predicted octanol–water partition coefficient (Wildman–Crippen LogP) is 3.13. The van der Waals surface area contributed by atoms with Crippen LogP contribution in [0.2, 0.25) is 0 Å². The van der Waals surface area contributed by atoms with Gasteiger partial charge in [-0.1, -0.05) is 36.4 Å². The van der Waals surface area contributed by atoms with Gasteiger partial charge in [0.05, 0.1) is 18.2 Å². The highest BCUT2D eigenvalue weighted by molar-refractivity contribution is 5.79. The fraction of sp³-hybridized carbons (Fsp3) is 0.158. The van der Waals surface area contributed by atoms with Gasteiger partial charge in [-0.3, -0.25) is 4.79 Å². The number of para-hydroxylation sites is 1. The predicted molar refractivity (Wildman–Crippen MR) is 88.5 cm³/mol. The maximum atomic E-state index is 12.3. The van der Waals surface area contributed by atoms with Gasteiger partial charge in [0.2, 0.25) is 11.8 Å². The molecule has 1 unspecified atom stereocenters. The minimum Gasteiger partial charge on any atom is -0.491 e. The molecule has 2 aromatic carbocycles. The minimum atomic E-state index is -0.116. The molecule has 1 atom stereocenters. The Morgan fingerprint density at radius 2 is 1.92 bits per heavy atom. The molecular formula is C19H16N2O3. The minimum absolute atomic E-state index is 0.104. The molecule has 3 aromatic rings. The quantitative estimate of drug-likeness (QED) is 0.802. The van der Waals surface area contributed by atoms with Crippen LogP contribution < -0.4 is 10.1 Å². The molecule has 1 N–H and O–H groups in total. The van der Waals surface area contributed by atoms with Gasteiger partial charge < -0.3 is 14.5 Å². The van der Waals surface area contributed by atoms with Gasteiger partial charge in [-0.2, -0.15) is 0 Å². The summed E-state index contributed by atoms with van der Waals surface area (Å²) in [7, 11) is 0. The molecule has 1 amide bonds. The largest absolute Gasteiger partial charge is 0.491 e. The van der Waals surface area contributed by atoms with Crippen molar-refractivity contribution in [2.24, 2.45) is 0 Å². The van der Waals surface area contributed by atoms with Gasteiger partial charge in [-0.25, -0.2) is 4.98 Å². The van der Waals surface area contributed by atoms with E-state index in [4.69, 9.17) is 9.15 Å². The van der Waals surface area contributed by atoms with Gasteiger partial charge in [-0.05, 0) is 18.2 Å². The van der Waals surface area contributed by atoms with E-state index in [1.54, 1.807) is 0 Å². The lowest BCUT2D eigenvalue weighted by Gasteiger charge is -2.10. The highest BCUT2D eigenvalue weighted by atomic mass is 16.5. The van der Waals surface area contributed by atoms with Crippen molar-refractivity contribution in [3.05, 3.63) is 72.1 Å². The molecule has 4 rings (SSSR count). The summed E-state index contributed by atoms with van der Waals surface area (Å²) in [5, 5.41) is 2.99. The molecule has 2 heterocycles. The molecule has 1 aromatic heterocycles. The highest BCUT2D eigenvalue weighted by Crippen LogP contribution is 2.31. The van der Waals surface area contributed by atoms with Crippen LogP contribution in [0.1, 0.15) is 17.3 Å². The standard InChI is InChI=1S/C19H16N2O3/c22-18(21-16-12-23-17-9-5-4-8-15(16)17)10-14-11-24-19(20-14)13-6-2-1-3-7-13/h1-9,11,16H,10,12H2,(H,21,22). The normalized spacial score (nSPS) is 15.6. The second-order valence-corrected chi connectivity index (χ2v) is 5.66. The van der Waals surface area contributed by atoms with E-state index in [0.29, 0.717) is 18.2 Å². The summed E-state index contributed by atoms with van der Waals surface area (Å²) in [5.74, 6) is 1.25. The number of hydrogen-bond acceptors (Lipinski definition) is 4. The van der Waals surface area contributed by atoms with E-state index in [1.165, 1.54) is 6.26 Å². The number of carbonyl (C=O) groups is 1. The second kappa shape index (κ2) is 6.20. The van der Waals surface area contributed by atoms with Crippen molar-refractivity contribution in [3.63, 3.8) is 0 Å². The maximum Gasteiger partial charge on any atom is 0.226 e. The van der Waals surface area contributed by atoms with Crippen molar-refractivity contribution in [1.82, 2.24) is 10.3 Å². The maximum absolute atomic E-state index is 12.3. The summed E-state index contributed by atoms with van der Waals surface area (Å²) in [5.41, 5.74) is 2.51. The monoisotopic (exact) mass is 320 g/mol. The number of oxazole rings is 1. The number of aromatic nitrogens is 1. The topological polar surface area (TPSA) is 64.4 Å². The van der Waals surface area contributed by atoms with Gasteiger partial charge >= 0.3 is 0 Å². The number of fused-ring (bicyclic) bond motifs is 1. The van der Waals surface area contributed by atoms with Gasteiger partial charge in [0, 0.05) is 11.1 Å².